The van der Waals surface area contributed by atoms with Gasteiger partial charge in [0.05, 0.1) is 36.1 Å². The van der Waals surface area contributed by atoms with Crippen LogP contribution < -0.4 is 4.74 Å². The first-order chi connectivity index (χ1) is 14.2. The van der Waals surface area contributed by atoms with E-state index in [-0.39, 0.29) is 37.2 Å². The standard InChI is InChI=1S/C21H23FN4O3/c22-15-3-1-14(2-4-15)19-20(18-9-10-23-21(25-18)29-12-11-27)26(13-24-19)16-5-7-17(28)8-6-16/h1-4,9-10,13,16-17,27-28H,5-8,11-12H2. The minimum Gasteiger partial charge on any atom is -0.461 e. The van der Waals surface area contributed by atoms with Crippen LogP contribution in [0.25, 0.3) is 22.6 Å². The van der Waals surface area contributed by atoms with Crippen LogP contribution in [-0.2, 0) is 0 Å². The molecule has 0 amide bonds. The molecule has 1 aliphatic carbocycles. The van der Waals surface area contributed by atoms with Gasteiger partial charge in [-0.15, -0.1) is 0 Å². The summed E-state index contributed by atoms with van der Waals surface area (Å²) in [6.07, 6.45) is 6.29. The zero-order valence-corrected chi connectivity index (χ0v) is 15.9. The van der Waals surface area contributed by atoms with Gasteiger partial charge in [0.25, 0.3) is 0 Å². The molecular formula is C21H23FN4O3. The van der Waals surface area contributed by atoms with E-state index >= 15 is 0 Å². The van der Waals surface area contributed by atoms with Crippen LogP contribution in [0.15, 0.2) is 42.9 Å². The fraction of sp³-hybridized carbons (Fsp3) is 0.381. The van der Waals surface area contributed by atoms with Gasteiger partial charge >= 0.3 is 6.01 Å². The summed E-state index contributed by atoms with van der Waals surface area (Å²) in [7, 11) is 0. The van der Waals surface area contributed by atoms with Crippen LogP contribution in [0.4, 0.5) is 4.39 Å². The van der Waals surface area contributed by atoms with Crippen molar-refractivity contribution in [1.82, 2.24) is 19.5 Å². The van der Waals surface area contributed by atoms with E-state index in [2.05, 4.69) is 19.5 Å². The zero-order valence-electron chi connectivity index (χ0n) is 15.9. The molecule has 29 heavy (non-hydrogen) atoms. The highest BCUT2D eigenvalue weighted by Gasteiger charge is 2.26. The summed E-state index contributed by atoms with van der Waals surface area (Å²) < 4.78 is 20.9. The lowest BCUT2D eigenvalue weighted by molar-refractivity contribution is 0.111. The maximum absolute atomic E-state index is 13.4. The predicted molar refractivity (Wildman–Crippen MR) is 105 cm³/mol. The van der Waals surface area contributed by atoms with Gasteiger partial charge in [0, 0.05) is 17.8 Å². The highest BCUT2D eigenvalue weighted by molar-refractivity contribution is 5.77. The van der Waals surface area contributed by atoms with Crippen LogP contribution in [0.1, 0.15) is 31.7 Å². The van der Waals surface area contributed by atoms with E-state index in [1.165, 1.54) is 12.1 Å². The van der Waals surface area contributed by atoms with E-state index in [1.807, 2.05) is 0 Å². The molecule has 0 aliphatic heterocycles. The summed E-state index contributed by atoms with van der Waals surface area (Å²) in [5, 5.41) is 18.9. The predicted octanol–water partition coefficient (Wildman–Crippen LogP) is 2.99. The molecule has 7 nitrogen and oxygen atoms in total. The summed E-state index contributed by atoms with van der Waals surface area (Å²) in [5.74, 6) is -0.308. The molecule has 1 aliphatic rings. The van der Waals surface area contributed by atoms with Crippen molar-refractivity contribution in [3.05, 3.63) is 48.7 Å². The summed E-state index contributed by atoms with van der Waals surface area (Å²) in [6, 6.07) is 8.35. The number of imidazole rings is 1. The minimum atomic E-state index is -0.308. The molecule has 8 heteroatoms. The third kappa shape index (κ3) is 4.28. The molecule has 2 N–H and O–H groups in total. The van der Waals surface area contributed by atoms with Crippen molar-refractivity contribution in [3.63, 3.8) is 0 Å². The average molecular weight is 398 g/mol. The molecular weight excluding hydrogens is 375 g/mol. The van der Waals surface area contributed by atoms with Gasteiger partial charge in [-0.25, -0.2) is 14.4 Å². The molecule has 0 radical (unpaired) electrons. The van der Waals surface area contributed by atoms with E-state index in [4.69, 9.17) is 9.84 Å². The third-order valence-corrected chi connectivity index (χ3v) is 5.17. The van der Waals surface area contributed by atoms with Gasteiger partial charge < -0.3 is 19.5 Å². The molecule has 152 valence electrons. The van der Waals surface area contributed by atoms with Crippen LogP contribution >= 0.6 is 0 Å². The number of rotatable bonds is 6. The van der Waals surface area contributed by atoms with Crippen LogP contribution in [0.3, 0.4) is 0 Å². The second kappa shape index (κ2) is 8.67. The smallest absolute Gasteiger partial charge is 0.317 e. The molecule has 0 spiro atoms. The largest absolute Gasteiger partial charge is 0.461 e. The van der Waals surface area contributed by atoms with Gasteiger partial charge in [0.2, 0.25) is 0 Å². The Bertz CT molecular complexity index is 953. The number of nitrogens with zero attached hydrogens (tertiary/aromatic N) is 4. The second-order valence-corrected chi connectivity index (χ2v) is 7.11. The Morgan fingerprint density at radius 2 is 1.83 bits per heavy atom. The third-order valence-electron chi connectivity index (χ3n) is 5.17. The summed E-state index contributed by atoms with van der Waals surface area (Å²) in [6.45, 7) is -0.0230. The van der Waals surface area contributed by atoms with Crippen LogP contribution in [0.5, 0.6) is 6.01 Å². The van der Waals surface area contributed by atoms with Crippen molar-refractivity contribution in [3.8, 4) is 28.7 Å². The van der Waals surface area contributed by atoms with Crippen molar-refractivity contribution in [1.29, 1.82) is 0 Å². The first-order valence-electron chi connectivity index (χ1n) is 9.73. The monoisotopic (exact) mass is 398 g/mol. The normalized spacial score (nSPS) is 19.3. The van der Waals surface area contributed by atoms with Gasteiger partial charge in [-0.3, -0.25) is 0 Å². The SMILES string of the molecule is OCCOc1nccc(-c2c(-c3ccc(F)cc3)ncn2C2CCC(O)CC2)n1. The molecule has 0 atom stereocenters. The van der Waals surface area contributed by atoms with Crippen LogP contribution in [0, 0.1) is 5.82 Å². The number of ether oxygens (including phenoxy) is 1. The molecule has 0 bridgehead atoms. The van der Waals surface area contributed by atoms with Gasteiger partial charge in [-0.05, 0) is 56.0 Å². The van der Waals surface area contributed by atoms with Gasteiger partial charge in [-0.2, -0.15) is 4.98 Å². The Kier molecular flexibility index (Phi) is 5.82. The first kappa shape index (κ1) is 19.5. The van der Waals surface area contributed by atoms with E-state index in [0.29, 0.717) is 11.4 Å². The molecule has 1 aromatic carbocycles. The molecule has 4 rings (SSSR count). The van der Waals surface area contributed by atoms with Gasteiger partial charge in [-0.1, -0.05) is 0 Å². The number of halogens is 1. The lowest BCUT2D eigenvalue weighted by Gasteiger charge is -2.28. The Labute approximate surface area is 167 Å². The number of hydrogen-bond acceptors (Lipinski definition) is 6. The first-order valence-corrected chi connectivity index (χ1v) is 9.73. The molecule has 0 unspecified atom stereocenters. The Morgan fingerprint density at radius 3 is 2.55 bits per heavy atom. The van der Waals surface area contributed by atoms with Crippen LogP contribution in [0.2, 0.25) is 0 Å². The van der Waals surface area contributed by atoms with Crippen molar-refractivity contribution in [2.24, 2.45) is 0 Å². The lowest BCUT2D eigenvalue weighted by atomic mass is 9.92. The van der Waals surface area contributed by atoms with Gasteiger partial charge in [0.1, 0.15) is 12.4 Å². The topological polar surface area (TPSA) is 93.3 Å². The Balaban J connectivity index is 1.78. The lowest BCUT2D eigenvalue weighted by Crippen LogP contribution is -2.21. The quantitative estimate of drug-likeness (QED) is 0.663. The molecule has 1 fully saturated rings. The van der Waals surface area contributed by atoms with Crippen molar-refractivity contribution in [2.75, 3.05) is 13.2 Å². The zero-order chi connectivity index (χ0) is 20.2. The molecule has 0 saturated heterocycles. The summed E-state index contributed by atoms with van der Waals surface area (Å²) >= 11 is 0. The fourth-order valence-electron chi connectivity index (χ4n) is 3.73. The fourth-order valence-corrected chi connectivity index (χ4v) is 3.73. The maximum atomic E-state index is 13.4. The van der Waals surface area contributed by atoms with E-state index in [0.717, 1.165) is 36.9 Å². The Hall–Kier alpha value is -2.84. The van der Waals surface area contributed by atoms with E-state index in [1.54, 1.807) is 30.7 Å². The average Bonchev–Trinajstić information content (AvgIpc) is 3.18. The molecule has 3 aromatic rings. The van der Waals surface area contributed by atoms with Gasteiger partial charge in [0.15, 0.2) is 0 Å². The molecule has 1 saturated carbocycles. The van der Waals surface area contributed by atoms with Crippen LogP contribution in [-0.4, -0.2) is 49.0 Å². The Morgan fingerprint density at radius 1 is 1.07 bits per heavy atom. The maximum Gasteiger partial charge on any atom is 0.317 e. The van der Waals surface area contributed by atoms with Crippen molar-refractivity contribution < 1.29 is 19.3 Å². The highest BCUT2D eigenvalue weighted by atomic mass is 19.1. The molecule has 2 heterocycles. The number of benzene rings is 1. The van der Waals surface area contributed by atoms with Crippen molar-refractivity contribution in [2.45, 2.75) is 37.8 Å². The highest BCUT2D eigenvalue weighted by Crippen LogP contribution is 2.37. The van der Waals surface area contributed by atoms with E-state index < -0.39 is 0 Å². The second-order valence-electron chi connectivity index (χ2n) is 7.11. The molecule has 2 aromatic heterocycles. The number of aliphatic hydroxyl groups is 2. The number of aromatic nitrogens is 4. The summed E-state index contributed by atoms with van der Waals surface area (Å²) in [4.78, 5) is 13.2. The summed E-state index contributed by atoms with van der Waals surface area (Å²) in [5.41, 5.74) is 2.92. The minimum absolute atomic E-state index is 0.105. The van der Waals surface area contributed by atoms with E-state index in [9.17, 15) is 9.50 Å². The number of hydrogen-bond donors (Lipinski definition) is 2. The van der Waals surface area contributed by atoms with Crippen molar-refractivity contribution >= 4 is 0 Å². The number of aliphatic hydroxyl groups excluding tert-OH is 2.